The monoisotopic (exact) mass is 248 g/mol. The van der Waals surface area contributed by atoms with Gasteiger partial charge in [0.25, 0.3) is 0 Å². The number of hydrogen-bond donors (Lipinski definition) is 0. The van der Waals surface area contributed by atoms with Crippen LogP contribution in [0, 0.1) is 0 Å². The second-order valence-corrected chi connectivity index (χ2v) is 4.82. The van der Waals surface area contributed by atoms with E-state index in [0.717, 1.165) is 5.69 Å². The average Bonchev–Trinajstić information content (AvgIpc) is 2.70. The Bertz CT molecular complexity index is 436. The Labute approximate surface area is 94.4 Å². The van der Waals surface area contributed by atoms with Gasteiger partial charge in [-0.1, -0.05) is 11.6 Å². The van der Waals surface area contributed by atoms with Crippen molar-refractivity contribution in [2.75, 3.05) is 0 Å². The zero-order chi connectivity index (χ0) is 10.1. The predicted octanol–water partition coefficient (Wildman–Crippen LogP) is 2.68. The first-order valence-corrected chi connectivity index (χ1v) is 5.55. The first-order chi connectivity index (χ1) is 6.70. The maximum Gasteiger partial charge on any atom is 0.174 e. The zero-order valence-electron chi connectivity index (χ0n) is 7.19. The molecule has 0 saturated heterocycles. The van der Waals surface area contributed by atoms with Gasteiger partial charge in [0.15, 0.2) is 5.82 Å². The minimum Gasteiger partial charge on any atom is -0.193 e. The maximum absolute atomic E-state index is 5.97. The predicted molar refractivity (Wildman–Crippen MR) is 56.3 cm³/mol. The van der Waals surface area contributed by atoms with E-state index in [1.54, 1.807) is 4.68 Å². The van der Waals surface area contributed by atoms with Crippen LogP contribution in [0.2, 0.25) is 4.34 Å². The molecule has 2 heterocycles. The molecule has 0 radical (unpaired) electrons. The first kappa shape index (κ1) is 9.89. The summed E-state index contributed by atoms with van der Waals surface area (Å²) in [4.78, 5) is 0. The Morgan fingerprint density at radius 1 is 1.57 bits per heavy atom. The average molecular weight is 249 g/mol. The Hall–Kier alpha value is -0.650. The molecule has 0 N–H and O–H groups in total. The van der Waals surface area contributed by atoms with Gasteiger partial charge in [-0.05, 0) is 28.8 Å². The lowest BCUT2D eigenvalue weighted by molar-refractivity contribution is 0.763. The Kier molecular flexibility index (Phi) is 2.71. The highest BCUT2D eigenvalue weighted by molar-refractivity contribution is 7.14. The van der Waals surface area contributed by atoms with Crippen molar-refractivity contribution in [2.45, 2.75) is 12.3 Å². The van der Waals surface area contributed by atoms with Crippen LogP contribution in [-0.4, -0.2) is 20.2 Å². The van der Waals surface area contributed by atoms with E-state index in [1.807, 2.05) is 18.4 Å². The summed E-state index contributed by atoms with van der Waals surface area (Å²) in [6, 6.07) is 1.85. The van der Waals surface area contributed by atoms with Gasteiger partial charge in [0.1, 0.15) is 4.34 Å². The van der Waals surface area contributed by atoms with Crippen molar-refractivity contribution in [1.82, 2.24) is 20.2 Å². The smallest absolute Gasteiger partial charge is 0.174 e. The van der Waals surface area contributed by atoms with E-state index in [2.05, 4.69) is 15.5 Å². The van der Waals surface area contributed by atoms with Gasteiger partial charge in [0.05, 0.1) is 11.1 Å². The molecule has 0 saturated carbocycles. The van der Waals surface area contributed by atoms with E-state index in [9.17, 15) is 0 Å². The van der Waals surface area contributed by atoms with Gasteiger partial charge in [-0.2, -0.15) is 4.68 Å². The van der Waals surface area contributed by atoms with Crippen LogP contribution < -0.4 is 0 Å². The molecule has 1 unspecified atom stereocenters. The summed E-state index contributed by atoms with van der Waals surface area (Å²) < 4.78 is 2.20. The van der Waals surface area contributed by atoms with Gasteiger partial charge in [0.2, 0.25) is 0 Å². The second kappa shape index (κ2) is 3.84. The van der Waals surface area contributed by atoms with E-state index >= 15 is 0 Å². The molecule has 4 nitrogen and oxygen atoms in total. The molecule has 2 aromatic heterocycles. The van der Waals surface area contributed by atoms with Crippen molar-refractivity contribution in [1.29, 1.82) is 0 Å². The fraction of sp³-hybridized carbons (Fsp3) is 0.286. The van der Waals surface area contributed by atoms with Crippen molar-refractivity contribution in [3.8, 4) is 5.69 Å². The molecule has 0 spiro atoms. The van der Waals surface area contributed by atoms with Crippen LogP contribution >= 0.6 is 34.5 Å². The molecule has 1 atom stereocenters. The summed E-state index contributed by atoms with van der Waals surface area (Å²) in [7, 11) is 0. The highest BCUT2D eigenvalue weighted by Crippen LogP contribution is 2.28. The SMILES string of the molecule is CC(Cl)c1nnnn1-c1ccsc1Cl. The molecule has 0 fully saturated rings. The Balaban J connectivity index is 2.52. The van der Waals surface area contributed by atoms with E-state index < -0.39 is 0 Å². The summed E-state index contributed by atoms with van der Waals surface area (Å²) in [5, 5.41) is 12.9. The van der Waals surface area contributed by atoms with Gasteiger partial charge in [-0.3, -0.25) is 0 Å². The summed E-state index contributed by atoms with van der Waals surface area (Å²) >= 11 is 13.3. The summed E-state index contributed by atoms with van der Waals surface area (Å²) in [5.41, 5.74) is 0.768. The largest absolute Gasteiger partial charge is 0.193 e. The first-order valence-electron chi connectivity index (χ1n) is 3.86. The summed E-state index contributed by atoms with van der Waals surface area (Å²) in [6.07, 6.45) is 0. The molecule has 0 aliphatic carbocycles. The number of halogens is 2. The number of hydrogen-bond acceptors (Lipinski definition) is 4. The number of nitrogens with zero attached hydrogens (tertiary/aromatic N) is 4. The molecule has 0 aromatic carbocycles. The van der Waals surface area contributed by atoms with Crippen molar-refractivity contribution in [3.05, 3.63) is 21.6 Å². The third kappa shape index (κ3) is 1.63. The third-order valence-corrected chi connectivity index (χ3v) is 3.02. The zero-order valence-corrected chi connectivity index (χ0v) is 9.51. The summed E-state index contributed by atoms with van der Waals surface area (Å²) in [6.45, 7) is 1.81. The lowest BCUT2D eigenvalue weighted by atomic mass is 10.4. The molecular formula is C7H6Cl2N4S. The van der Waals surface area contributed by atoms with E-state index in [-0.39, 0.29) is 5.38 Å². The number of tetrazole rings is 1. The lowest BCUT2D eigenvalue weighted by Gasteiger charge is -2.03. The molecule has 0 amide bonds. The molecule has 74 valence electrons. The fourth-order valence-electron chi connectivity index (χ4n) is 1.05. The van der Waals surface area contributed by atoms with Crippen LogP contribution in [0.1, 0.15) is 18.1 Å². The molecule has 0 aliphatic rings. The highest BCUT2D eigenvalue weighted by atomic mass is 35.5. The minimum absolute atomic E-state index is 0.249. The second-order valence-electron chi connectivity index (χ2n) is 2.64. The molecule has 14 heavy (non-hydrogen) atoms. The molecule has 2 aromatic rings. The lowest BCUT2D eigenvalue weighted by Crippen LogP contribution is -2.02. The van der Waals surface area contributed by atoms with E-state index in [0.29, 0.717) is 10.2 Å². The Morgan fingerprint density at radius 2 is 2.36 bits per heavy atom. The number of aromatic nitrogens is 4. The summed E-state index contributed by atoms with van der Waals surface area (Å²) in [5.74, 6) is 0.590. The maximum atomic E-state index is 5.97. The van der Waals surface area contributed by atoms with E-state index in [4.69, 9.17) is 23.2 Å². The van der Waals surface area contributed by atoms with Crippen LogP contribution in [-0.2, 0) is 0 Å². The number of alkyl halides is 1. The topological polar surface area (TPSA) is 43.6 Å². The van der Waals surface area contributed by atoms with Gasteiger partial charge in [-0.25, -0.2) is 0 Å². The van der Waals surface area contributed by atoms with Crippen molar-refractivity contribution in [2.24, 2.45) is 0 Å². The van der Waals surface area contributed by atoms with Crippen molar-refractivity contribution >= 4 is 34.5 Å². The van der Waals surface area contributed by atoms with Crippen LogP contribution in [0.5, 0.6) is 0 Å². The molecule has 7 heteroatoms. The molecule has 2 rings (SSSR count). The van der Waals surface area contributed by atoms with Crippen molar-refractivity contribution in [3.63, 3.8) is 0 Å². The van der Waals surface area contributed by atoms with Crippen LogP contribution in [0.15, 0.2) is 11.4 Å². The Morgan fingerprint density at radius 3 is 2.93 bits per heavy atom. The quantitative estimate of drug-likeness (QED) is 0.768. The minimum atomic E-state index is -0.249. The molecule has 0 bridgehead atoms. The van der Waals surface area contributed by atoms with Crippen LogP contribution in [0.4, 0.5) is 0 Å². The standard InChI is InChI=1S/C7H6Cl2N4S/c1-4(8)7-10-11-12-13(7)5-2-3-14-6(5)9/h2-4H,1H3. The van der Waals surface area contributed by atoms with Gasteiger partial charge < -0.3 is 0 Å². The van der Waals surface area contributed by atoms with Crippen LogP contribution in [0.3, 0.4) is 0 Å². The van der Waals surface area contributed by atoms with Gasteiger partial charge >= 0.3 is 0 Å². The van der Waals surface area contributed by atoms with Crippen LogP contribution in [0.25, 0.3) is 5.69 Å². The fourth-order valence-corrected chi connectivity index (χ4v) is 2.08. The van der Waals surface area contributed by atoms with E-state index in [1.165, 1.54) is 11.3 Å². The van der Waals surface area contributed by atoms with Crippen molar-refractivity contribution < 1.29 is 0 Å². The van der Waals surface area contributed by atoms with Gasteiger partial charge in [0, 0.05) is 0 Å². The highest BCUT2D eigenvalue weighted by Gasteiger charge is 2.15. The normalized spacial score (nSPS) is 13.1. The molecule has 0 aliphatic heterocycles. The molecular weight excluding hydrogens is 243 g/mol. The van der Waals surface area contributed by atoms with Gasteiger partial charge in [-0.15, -0.1) is 28.0 Å². The number of thiophene rings is 1. The third-order valence-electron chi connectivity index (χ3n) is 1.68. The number of rotatable bonds is 2.